The number of pyridine rings is 1. The van der Waals surface area contributed by atoms with Crippen LogP contribution in [0.4, 0.5) is 0 Å². The van der Waals surface area contributed by atoms with Gasteiger partial charge in [-0.1, -0.05) is 29.4 Å². The second kappa shape index (κ2) is 6.99. The number of ether oxygens (including phenoxy) is 1. The van der Waals surface area contributed by atoms with E-state index < -0.39 is 0 Å². The van der Waals surface area contributed by atoms with Gasteiger partial charge >= 0.3 is 0 Å². The van der Waals surface area contributed by atoms with Crippen molar-refractivity contribution in [3.8, 4) is 11.3 Å². The lowest BCUT2D eigenvalue weighted by molar-refractivity contribution is -0.0294. The third-order valence-electron chi connectivity index (χ3n) is 3.43. The molecule has 0 aliphatic carbocycles. The highest BCUT2D eigenvalue weighted by Gasteiger charge is 2.14. The highest BCUT2D eigenvalue weighted by molar-refractivity contribution is 5.81. The maximum absolute atomic E-state index is 5.51. The zero-order chi connectivity index (χ0) is 14.3. The van der Waals surface area contributed by atoms with Crippen LogP contribution in [0.1, 0.15) is 18.4 Å². The molecule has 4 nitrogen and oxygen atoms in total. The molecule has 1 aliphatic rings. The van der Waals surface area contributed by atoms with Crippen molar-refractivity contribution in [2.24, 2.45) is 5.16 Å². The number of benzene rings is 1. The number of nitrogens with zero attached hydrogens (tertiary/aromatic N) is 2. The maximum atomic E-state index is 5.51. The SMILES string of the molecule is C(=N\OC1CCOCC1)/c1cccc(-c2ccccn2)c1. The van der Waals surface area contributed by atoms with E-state index in [-0.39, 0.29) is 6.10 Å². The smallest absolute Gasteiger partial charge is 0.131 e. The number of oxime groups is 1. The Labute approximate surface area is 124 Å². The highest BCUT2D eigenvalue weighted by Crippen LogP contribution is 2.17. The minimum atomic E-state index is 0.175. The fourth-order valence-electron chi connectivity index (χ4n) is 2.27. The van der Waals surface area contributed by atoms with E-state index in [4.69, 9.17) is 9.57 Å². The van der Waals surface area contributed by atoms with E-state index in [1.54, 1.807) is 12.4 Å². The van der Waals surface area contributed by atoms with Crippen LogP contribution in [0.3, 0.4) is 0 Å². The van der Waals surface area contributed by atoms with Gasteiger partial charge in [0.05, 0.1) is 25.1 Å². The van der Waals surface area contributed by atoms with Crippen LogP contribution < -0.4 is 0 Å². The van der Waals surface area contributed by atoms with Gasteiger partial charge in [0.15, 0.2) is 0 Å². The van der Waals surface area contributed by atoms with Crippen LogP contribution in [-0.2, 0) is 9.57 Å². The summed E-state index contributed by atoms with van der Waals surface area (Å²) in [6.45, 7) is 1.52. The number of aromatic nitrogens is 1. The molecule has 108 valence electrons. The lowest BCUT2D eigenvalue weighted by Crippen LogP contribution is -2.21. The Morgan fingerprint density at radius 3 is 2.86 bits per heavy atom. The highest BCUT2D eigenvalue weighted by atomic mass is 16.6. The second-order valence-electron chi connectivity index (χ2n) is 4.99. The summed E-state index contributed by atoms with van der Waals surface area (Å²) < 4.78 is 5.29. The zero-order valence-corrected chi connectivity index (χ0v) is 11.8. The number of rotatable bonds is 4. The van der Waals surface area contributed by atoms with Crippen molar-refractivity contribution >= 4 is 6.21 Å². The maximum Gasteiger partial charge on any atom is 0.131 e. The van der Waals surface area contributed by atoms with Gasteiger partial charge in [0, 0.05) is 24.6 Å². The van der Waals surface area contributed by atoms with Crippen LogP contribution in [0.15, 0.2) is 53.8 Å². The standard InChI is InChI=1S/C17H18N2O2/c1-2-9-18-17(6-1)15-5-3-4-14(12-15)13-19-21-16-7-10-20-11-8-16/h1-6,9,12-13,16H,7-8,10-11H2/b19-13+. The average Bonchev–Trinajstić information content (AvgIpc) is 2.57. The Morgan fingerprint density at radius 2 is 2.05 bits per heavy atom. The second-order valence-corrected chi connectivity index (χ2v) is 4.99. The van der Waals surface area contributed by atoms with E-state index in [1.807, 2.05) is 36.4 Å². The Balaban J connectivity index is 1.65. The van der Waals surface area contributed by atoms with Gasteiger partial charge in [-0.05, 0) is 23.8 Å². The predicted octanol–water partition coefficient (Wildman–Crippen LogP) is 3.28. The molecule has 21 heavy (non-hydrogen) atoms. The molecule has 1 aliphatic heterocycles. The molecule has 3 rings (SSSR count). The van der Waals surface area contributed by atoms with Crippen molar-refractivity contribution in [1.82, 2.24) is 4.98 Å². The van der Waals surface area contributed by atoms with E-state index in [1.165, 1.54) is 0 Å². The summed E-state index contributed by atoms with van der Waals surface area (Å²) in [5, 5.41) is 4.10. The number of hydrogen-bond acceptors (Lipinski definition) is 4. The summed E-state index contributed by atoms with van der Waals surface area (Å²) >= 11 is 0. The Hall–Kier alpha value is -2.20. The fourth-order valence-corrected chi connectivity index (χ4v) is 2.27. The summed E-state index contributed by atoms with van der Waals surface area (Å²) in [6, 6.07) is 14.0. The van der Waals surface area contributed by atoms with Crippen LogP contribution in [0, 0.1) is 0 Å². The van der Waals surface area contributed by atoms with Gasteiger partial charge in [0.2, 0.25) is 0 Å². The van der Waals surface area contributed by atoms with Crippen molar-refractivity contribution < 1.29 is 9.57 Å². The molecule has 1 aromatic carbocycles. The van der Waals surface area contributed by atoms with Crippen molar-refractivity contribution in [3.63, 3.8) is 0 Å². The van der Waals surface area contributed by atoms with Gasteiger partial charge in [0.25, 0.3) is 0 Å². The van der Waals surface area contributed by atoms with Gasteiger partial charge in [0.1, 0.15) is 6.10 Å². The van der Waals surface area contributed by atoms with Gasteiger partial charge in [-0.15, -0.1) is 0 Å². The van der Waals surface area contributed by atoms with Crippen molar-refractivity contribution in [1.29, 1.82) is 0 Å². The molecular weight excluding hydrogens is 264 g/mol. The number of hydrogen-bond donors (Lipinski definition) is 0. The molecule has 0 spiro atoms. The third kappa shape index (κ3) is 3.89. The topological polar surface area (TPSA) is 43.7 Å². The van der Waals surface area contributed by atoms with Gasteiger partial charge in [-0.25, -0.2) is 0 Å². The molecule has 1 saturated heterocycles. The molecule has 1 fully saturated rings. The van der Waals surface area contributed by atoms with Crippen molar-refractivity contribution in [2.45, 2.75) is 18.9 Å². The van der Waals surface area contributed by atoms with Crippen LogP contribution >= 0.6 is 0 Å². The average molecular weight is 282 g/mol. The summed E-state index contributed by atoms with van der Waals surface area (Å²) in [6.07, 6.45) is 5.54. The summed E-state index contributed by atoms with van der Waals surface area (Å²) in [4.78, 5) is 9.86. The Morgan fingerprint density at radius 1 is 1.14 bits per heavy atom. The molecule has 0 N–H and O–H groups in total. The molecule has 2 aromatic rings. The first-order chi connectivity index (χ1) is 10.4. The molecule has 0 amide bonds. The van der Waals surface area contributed by atoms with Crippen molar-refractivity contribution in [2.75, 3.05) is 13.2 Å². The first-order valence-corrected chi connectivity index (χ1v) is 7.20. The van der Waals surface area contributed by atoms with Gasteiger partial charge in [-0.3, -0.25) is 4.98 Å². The predicted molar refractivity (Wildman–Crippen MR) is 82.2 cm³/mol. The van der Waals surface area contributed by atoms with E-state index in [0.29, 0.717) is 0 Å². The largest absolute Gasteiger partial charge is 0.392 e. The van der Waals surface area contributed by atoms with E-state index in [2.05, 4.69) is 16.2 Å². The molecule has 0 radical (unpaired) electrons. The molecule has 0 atom stereocenters. The normalized spacial score (nSPS) is 16.2. The molecule has 2 heterocycles. The van der Waals surface area contributed by atoms with Gasteiger partial charge < -0.3 is 9.57 Å². The Bertz CT molecular complexity index is 593. The van der Waals surface area contributed by atoms with Crippen LogP contribution in [0.5, 0.6) is 0 Å². The lowest BCUT2D eigenvalue weighted by atomic mass is 10.1. The molecule has 4 heteroatoms. The Kier molecular flexibility index (Phi) is 4.59. The fraction of sp³-hybridized carbons (Fsp3) is 0.294. The third-order valence-corrected chi connectivity index (χ3v) is 3.43. The van der Waals surface area contributed by atoms with Gasteiger partial charge in [-0.2, -0.15) is 0 Å². The molecule has 1 aromatic heterocycles. The summed E-state index contributed by atoms with van der Waals surface area (Å²) in [5.41, 5.74) is 3.04. The van der Waals surface area contributed by atoms with Crippen LogP contribution in [0.25, 0.3) is 11.3 Å². The van der Waals surface area contributed by atoms with E-state index >= 15 is 0 Å². The first-order valence-electron chi connectivity index (χ1n) is 7.20. The summed E-state index contributed by atoms with van der Waals surface area (Å²) in [5.74, 6) is 0. The van der Waals surface area contributed by atoms with E-state index in [0.717, 1.165) is 42.9 Å². The molecule has 0 saturated carbocycles. The molecule has 0 unspecified atom stereocenters. The zero-order valence-electron chi connectivity index (χ0n) is 11.8. The molecule has 0 bridgehead atoms. The minimum absolute atomic E-state index is 0.175. The minimum Gasteiger partial charge on any atom is -0.392 e. The molecular formula is C17H18N2O2. The van der Waals surface area contributed by atoms with E-state index in [9.17, 15) is 0 Å². The van der Waals surface area contributed by atoms with Crippen molar-refractivity contribution in [3.05, 3.63) is 54.2 Å². The quantitative estimate of drug-likeness (QED) is 0.638. The lowest BCUT2D eigenvalue weighted by Gasteiger charge is -2.19. The summed E-state index contributed by atoms with van der Waals surface area (Å²) in [7, 11) is 0. The van der Waals surface area contributed by atoms with Crippen LogP contribution in [-0.4, -0.2) is 30.5 Å². The monoisotopic (exact) mass is 282 g/mol. The van der Waals surface area contributed by atoms with Crippen LogP contribution in [0.2, 0.25) is 0 Å². The first kappa shape index (κ1) is 13.8.